The maximum atomic E-state index is 12.0. The summed E-state index contributed by atoms with van der Waals surface area (Å²) in [6, 6.07) is 5.55. The molecular formula is C16H16N4O3S. The summed E-state index contributed by atoms with van der Waals surface area (Å²) in [5.74, 6) is 0.688. The van der Waals surface area contributed by atoms with Gasteiger partial charge in [-0.1, -0.05) is 23.5 Å². The fourth-order valence-electron chi connectivity index (χ4n) is 2.58. The molecule has 7 nitrogen and oxygen atoms in total. The SMILES string of the molecule is O=C(COc1cccc2c1NC(=O)CC2)Nc1nnc(C2CC2)s1. The number of carbonyl (C=O) groups is 2. The van der Waals surface area contributed by atoms with Crippen LogP contribution in [0.25, 0.3) is 0 Å². The molecule has 0 spiro atoms. The zero-order chi connectivity index (χ0) is 16.5. The molecule has 0 unspecified atom stereocenters. The second-order valence-electron chi connectivity index (χ2n) is 5.90. The average Bonchev–Trinajstić information content (AvgIpc) is 3.33. The Labute approximate surface area is 142 Å². The summed E-state index contributed by atoms with van der Waals surface area (Å²) in [6.07, 6.45) is 3.45. The molecule has 1 aromatic carbocycles. The molecule has 0 bridgehead atoms. The summed E-state index contributed by atoms with van der Waals surface area (Å²) in [7, 11) is 0. The first-order valence-electron chi connectivity index (χ1n) is 7.87. The zero-order valence-corrected chi connectivity index (χ0v) is 13.7. The summed E-state index contributed by atoms with van der Waals surface area (Å²) in [5, 5.41) is 15.0. The van der Waals surface area contributed by atoms with Crippen molar-refractivity contribution in [3.8, 4) is 5.75 Å². The highest BCUT2D eigenvalue weighted by molar-refractivity contribution is 7.15. The Morgan fingerprint density at radius 2 is 2.21 bits per heavy atom. The van der Waals surface area contributed by atoms with Crippen LogP contribution in [0.3, 0.4) is 0 Å². The van der Waals surface area contributed by atoms with Gasteiger partial charge in [0.15, 0.2) is 6.61 Å². The monoisotopic (exact) mass is 344 g/mol. The van der Waals surface area contributed by atoms with E-state index in [-0.39, 0.29) is 18.4 Å². The van der Waals surface area contributed by atoms with Gasteiger partial charge < -0.3 is 10.1 Å². The van der Waals surface area contributed by atoms with Crippen LogP contribution in [0.2, 0.25) is 0 Å². The van der Waals surface area contributed by atoms with Gasteiger partial charge in [0.05, 0.1) is 5.69 Å². The van der Waals surface area contributed by atoms with Crippen LogP contribution in [0.5, 0.6) is 5.75 Å². The standard InChI is InChI=1S/C16H16N4O3S/c21-12-7-6-9-2-1-3-11(14(9)17-12)23-8-13(22)18-16-20-19-15(24-16)10-4-5-10/h1-3,10H,4-8H2,(H,17,21)(H,18,20,22). The van der Waals surface area contributed by atoms with Crippen LogP contribution in [0.15, 0.2) is 18.2 Å². The van der Waals surface area contributed by atoms with E-state index in [1.54, 1.807) is 6.07 Å². The Kier molecular flexibility index (Phi) is 3.89. The third kappa shape index (κ3) is 3.23. The minimum absolute atomic E-state index is 0.0375. The predicted molar refractivity (Wildman–Crippen MR) is 89.4 cm³/mol. The lowest BCUT2D eigenvalue weighted by Gasteiger charge is -2.19. The Morgan fingerprint density at radius 1 is 1.33 bits per heavy atom. The highest BCUT2D eigenvalue weighted by Gasteiger charge is 2.27. The van der Waals surface area contributed by atoms with Crippen LogP contribution < -0.4 is 15.4 Å². The summed E-state index contributed by atoms with van der Waals surface area (Å²) < 4.78 is 5.58. The maximum absolute atomic E-state index is 12.0. The highest BCUT2D eigenvalue weighted by Crippen LogP contribution is 2.42. The van der Waals surface area contributed by atoms with Gasteiger partial charge in [0.2, 0.25) is 11.0 Å². The van der Waals surface area contributed by atoms with Gasteiger partial charge in [0.1, 0.15) is 10.8 Å². The van der Waals surface area contributed by atoms with Crippen molar-refractivity contribution in [3.63, 3.8) is 0 Å². The summed E-state index contributed by atoms with van der Waals surface area (Å²) in [6.45, 7) is -0.148. The van der Waals surface area contributed by atoms with Gasteiger partial charge in [-0.15, -0.1) is 10.2 Å². The van der Waals surface area contributed by atoms with Crippen LogP contribution >= 0.6 is 11.3 Å². The number of benzene rings is 1. The van der Waals surface area contributed by atoms with E-state index >= 15 is 0 Å². The Hall–Kier alpha value is -2.48. The molecule has 1 aliphatic heterocycles. The molecule has 0 atom stereocenters. The van der Waals surface area contributed by atoms with Crippen molar-refractivity contribution in [2.45, 2.75) is 31.6 Å². The van der Waals surface area contributed by atoms with Crippen molar-refractivity contribution in [2.75, 3.05) is 17.2 Å². The quantitative estimate of drug-likeness (QED) is 0.868. The van der Waals surface area contributed by atoms with Crippen LogP contribution in [-0.2, 0) is 16.0 Å². The number of anilines is 2. The molecule has 2 N–H and O–H groups in total. The lowest BCUT2D eigenvalue weighted by atomic mass is 10.0. The van der Waals surface area contributed by atoms with E-state index in [2.05, 4.69) is 20.8 Å². The third-order valence-corrected chi connectivity index (χ3v) is 4.97. The average molecular weight is 344 g/mol. The van der Waals surface area contributed by atoms with Gasteiger partial charge >= 0.3 is 0 Å². The molecule has 0 saturated heterocycles. The van der Waals surface area contributed by atoms with Gasteiger partial charge in [0, 0.05) is 12.3 Å². The van der Waals surface area contributed by atoms with Crippen molar-refractivity contribution in [1.29, 1.82) is 0 Å². The van der Waals surface area contributed by atoms with Crippen molar-refractivity contribution < 1.29 is 14.3 Å². The highest BCUT2D eigenvalue weighted by atomic mass is 32.1. The number of hydrogen-bond acceptors (Lipinski definition) is 6. The van der Waals surface area contributed by atoms with Crippen LogP contribution in [0, 0.1) is 0 Å². The second-order valence-corrected chi connectivity index (χ2v) is 6.90. The predicted octanol–water partition coefficient (Wildman–Crippen LogP) is 2.32. The van der Waals surface area contributed by atoms with E-state index in [1.165, 1.54) is 11.3 Å². The topological polar surface area (TPSA) is 93.2 Å². The van der Waals surface area contributed by atoms with Crippen LogP contribution in [0.4, 0.5) is 10.8 Å². The number of amides is 2. The fraction of sp³-hybridized carbons (Fsp3) is 0.375. The van der Waals surface area contributed by atoms with E-state index in [9.17, 15) is 9.59 Å². The first-order valence-corrected chi connectivity index (χ1v) is 8.68. The van der Waals surface area contributed by atoms with Gasteiger partial charge in [-0.25, -0.2) is 0 Å². The van der Waals surface area contributed by atoms with Gasteiger partial charge in [-0.3, -0.25) is 14.9 Å². The van der Waals surface area contributed by atoms with Crippen molar-refractivity contribution in [3.05, 3.63) is 28.8 Å². The van der Waals surface area contributed by atoms with E-state index < -0.39 is 0 Å². The molecule has 1 aromatic heterocycles. The molecular weight excluding hydrogens is 328 g/mol. The van der Waals surface area contributed by atoms with Crippen molar-refractivity contribution in [1.82, 2.24) is 10.2 Å². The third-order valence-electron chi connectivity index (χ3n) is 3.97. The lowest BCUT2D eigenvalue weighted by molar-refractivity contribution is -0.118. The summed E-state index contributed by atoms with van der Waals surface area (Å²) in [5.41, 5.74) is 1.68. The number of para-hydroxylation sites is 1. The number of carbonyl (C=O) groups excluding carboxylic acids is 2. The minimum atomic E-state index is -0.298. The molecule has 0 radical (unpaired) electrons. The van der Waals surface area contributed by atoms with E-state index in [0.717, 1.165) is 23.4 Å². The Balaban J connectivity index is 1.37. The first-order chi connectivity index (χ1) is 11.7. The number of hydrogen-bond donors (Lipinski definition) is 2. The zero-order valence-electron chi connectivity index (χ0n) is 12.9. The summed E-state index contributed by atoms with van der Waals surface area (Å²) in [4.78, 5) is 23.6. The normalized spacial score (nSPS) is 16.2. The number of nitrogens with zero attached hydrogens (tertiary/aromatic N) is 2. The van der Waals surface area contributed by atoms with Gasteiger partial charge in [0.25, 0.3) is 5.91 Å². The first kappa shape index (κ1) is 15.1. The van der Waals surface area contributed by atoms with Gasteiger partial charge in [-0.2, -0.15) is 0 Å². The summed E-state index contributed by atoms with van der Waals surface area (Å²) >= 11 is 1.41. The molecule has 2 aromatic rings. The lowest BCUT2D eigenvalue weighted by Crippen LogP contribution is -2.23. The number of nitrogens with one attached hydrogen (secondary N) is 2. The molecule has 2 amide bonds. The maximum Gasteiger partial charge on any atom is 0.264 e. The van der Waals surface area contributed by atoms with E-state index in [1.807, 2.05) is 12.1 Å². The fourth-order valence-corrected chi connectivity index (χ4v) is 3.50. The van der Waals surface area contributed by atoms with E-state index in [4.69, 9.17) is 4.74 Å². The number of rotatable bonds is 5. The van der Waals surface area contributed by atoms with Crippen LogP contribution in [-0.4, -0.2) is 28.6 Å². The molecule has 1 fully saturated rings. The van der Waals surface area contributed by atoms with E-state index in [0.29, 0.717) is 35.3 Å². The molecule has 2 heterocycles. The molecule has 1 saturated carbocycles. The number of aromatic nitrogens is 2. The second kappa shape index (κ2) is 6.20. The molecule has 4 rings (SSSR count). The minimum Gasteiger partial charge on any atom is -0.482 e. The number of fused-ring (bicyclic) bond motifs is 1. The smallest absolute Gasteiger partial charge is 0.264 e. The molecule has 124 valence electrons. The molecule has 24 heavy (non-hydrogen) atoms. The van der Waals surface area contributed by atoms with Gasteiger partial charge in [-0.05, 0) is 30.9 Å². The molecule has 8 heteroatoms. The van der Waals surface area contributed by atoms with Crippen molar-refractivity contribution >= 4 is 34.0 Å². The molecule has 2 aliphatic rings. The Morgan fingerprint density at radius 3 is 3.04 bits per heavy atom. The largest absolute Gasteiger partial charge is 0.482 e. The number of aryl methyl sites for hydroxylation is 1. The number of ether oxygens (including phenoxy) is 1. The van der Waals surface area contributed by atoms with Crippen molar-refractivity contribution in [2.24, 2.45) is 0 Å². The Bertz CT molecular complexity index is 800. The van der Waals surface area contributed by atoms with Crippen LogP contribution in [0.1, 0.15) is 35.8 Å². The molecule has 1 aliphatic carbocycles.